The van der Waals surface area contributed by atoms with Crippen LogP contribution in [0, 0.1) is 0 Å². The van der Waals surface area contributed by atoms with Gasteiger partial charge in [0.25, 0.3) is 0 Å². The van der Waals surface area contributed by atoms with Gasteiger partial charge in [-0.2, -0.15) is 0 Å². The van der Waals surface area contributed by atoms with Gasteiger partial charge in [0.2, 0.25) is 0 Å². The van der Waals surface area contributed by atoms with Gasteiger partial charge in [-0.15, -0.1) is 0 Å². The van der Waals surface area contributed by atoms with E-state index in [2.05, 4.69) is 6.92 Å². The van der Waals surface area contributed by atoms with E-state index in [4.69, 9.17) is 9.47 Å². The Labute approximate surface area is 120 Å². The molecule has 2 unspecified atom stereocenters. The van der Waals surface area contributed by atoms with E-state index >= 15 is 0 Å². The molecule has 3 nitrogen and oxygen atoms in total. The third-order valence-electron chi connectivity index (χ3n) is 4.24. The molecule has 0 aromatic heterocycles. The molecule has 1 N–H and O–H groups in total. The second-order valence-corrected chi connectivity index (χ2v) is 6.11. The van der Waals surface area contributed by atoms with Gasteiger partial charge in [-0.1, -0.05) is 25.5 Å². The van der Waals surface area contributed by atoms with Crippen molar-refractivity contribution in [3.8, 4) is 5.75 Å². The number of aliphatic hydroxyl groups is 1. The number of hydrogen-bond donors (Lipinski definition) is 1. The third-order valence-corrected chi connectivity index (χ3v) is 4.24. The molecular weight excluding hydrogens is 252 g/mol. The standard InChI is InChI=1S/C17H24O3/c1-2-4-16-12-17(18,9-10-19-16)13-5-3-6-15(11-13)20-14-7-8-14/h3,5-6,11,14,16,18H,2,4,7-10,12H2,1H3. The van der Waals surface area contributed by atoms with Crippen LogP contribution in [0.5, 0.6) is 5.75 Å². The molecule has 2 fully saturated rings. The second-order valence-electron chi connectivity index (χ2n) is 6.11. The highest BCUT2D eigenvalue weighted by Crippen LogP contribution is 2.37. The first-order chi connectivity index (χ1) is 9.69. The molecule has 1 saturated carbocycles. The Morgan fingerprint density at radius 1 is 1.40 bits per heavy atom. The van der Waals surface area contributed by atoms with E-state index in [1.54, 1.807) is 0 Å². The van der Waals surface area contributed by atoms with Crippen molar-refractivity contribution in [2.75, 3.05) is 6.61 Å². The Morgan fingerprint density at radius 3 is 3.00 bits per heavy atom. The molecule has 110 valence electrons. The lowest BCUT2D eigenvalue weighted by molar-refractivity contribution is -0.110. The number of ether oxygens (including phenoxy) is 2. The highest BCUT2D eigenvalue weighted by atomic mass is 16.5. The monoisotopic (exact) mass is 276 g/mol. The Balaban J connectivity index is 1.75. The summed E-state index contributed by atoms with van der Waals surface area (Å²) in [5, 5.41) is 11.0. The van der Waals surface area contributed by atoms with Gasteiger partial charge in [0.1, 0.15) is 5.75 Å². The molecule has 0 bridgehead atoms. The minimum absolute atomic E-state index is 0.173. The fourth-order valence-corrected chi connectivity index (χ4v) is 2.94. The zero-order valence-corrected chi connectivity index (χ0v) is 12.2. The maximum atomic E-state index is 11.0. The van der Waals surface area contributed by atoms with Crippen molar-refractivity contribution in [2.24, 2.45) is 0 Å². The topological polar surface area (TPSA) is 38.7 Å². The number of hydrogen-bond acceptors (Lipinski definition) is 3. The van der Waals surface area contributed by atoms with E-state index in [0.717, 1.165) is 37.0 Å². The van der Waals surface area contributed by atoms with Crippen molar-refractivity contribution in [1.82, 2.24) is 0 Å². The van der Waals surface area contributed by atoms with E-state index < -0.39 is 5.60 Å². The molecule has 1 aromatic rings. The van der Waals surface area contributed by atoms with Gasteiger partial charge in [-0.05, 0) is 37.0 Å². The Morgan fingerprint density at radius 2 is 2.25 bits per heavy atom. The van der Waals surface area contributed by atoms with Crippen molar-refractivity contribution >= 4 is 0 Å². The summed E-state index contributed by atoms with van der Waals surface area (Å²) in [5.74, 6) is 0.886. The maximum Gasteiger partial charge on any atom is 0.120 e. The molecule has 3 rings (SSSR count). The van der Waals surface area contributed by atoms with Gasteiger partial charge >= 0.3 is 0 Å². The van der Waals surface area contributed by atoms with Crippen LogP contribution in [-0.2, 0) is 10.3 Å². The van der Waals surface area contributed by atoms with Crippen LogP contribution in [0.2, 0.25) is 0 Å². The molecule has 20 heavy (non-hydrogen) atoms. The molecule has 1 saturated heterocycles. The van der Waals surface area contributed by atoms with Gasteiger partial charge in [0, 0.05) is 12.8 Å². The molecule has 0 spiro atoms. The molecule has 2 atom stereocenters. The van der Waals surface area contributed by atoms with Crippen molar-refractivity contribution in [1.29, 1.82) is 0 Å². The van der Waals surface area contributed by atoms with Gasteiger partial charge in [0.15, 0.2) is 0 Å². The van der Waals surface area contributed by atoms with Gasteiger partial charge in [-0.3, -0.25) is 0 Å². The van der Waals surface area contributed by atoms with Gasteiger partial charge in [0.05, 0.1) is 24.4 Å². The normalized spacial score (nSPS) is 30.2. The smallest absolute Gasteiger partial charge is 0.120 e. The number of rotatable bonds is 5. The van der Waals surface area contributed by atoms with Crippen LogP contribution in [0.15, 0.2) is 24.3 Å². The SMILES string of the molecule is CCCC1CC(O)(c2cccc(OC3CC3)c2)CCO1. The van der Waals surface area contributed by atoms with E-state index in [9.17, 15) is 5.11 Å². The zero-order valence-electron chi connectivity index (χ0n) is 12.2. The lowest BCUT2D eigenvalue weighted by Gasteiger charge is -2.37. The first-order valence-electron chi connectivity index (χ1n) is 7.81. The summed E-state index contributed by atoms with van der Waals surface area (Å²) in [5.41, 5.74) is 0.209. The minimum Gasteiger partial charge on any atom is -0.490 e. The third kappa shape index (κ3) is 3.15. The van der Waals surface area contributed by atoms with Crippen LogP contribution < -0.4 is 4.74 Å². The summed E-state index contributed by atoms with van der Waals surface area (Å²) >= 11 is 0. The fourth-order valence-electron chi connectivity index (χ4n) is 2.94. The van der Waals surface area contributed by atoms with Crippen molar-refractivity contribution < 1.29 is 14.6 Å². The molecule has 1 aliphatic heterocycles. The minimum atomic E-state index is -0.763. The average Bonchev–Trinajstić information content (AvgIpc) is 3.24. The zero-order chi connectivity index (χ0) is 14.0. The highest BCUT2D eigenvalue weighted by Gasteiger charge is 2.36. The predicted octanol–water partition coefficient (Wildman–Crippen LogP) is 3.39. The second kappa shape index (κ2) is 5.74. The van der Waals surface area contributed by atoms with Gasteiger partial charge < -0.3 is 14.6 Å². The molecule has 2 aliphatic rings. The van der Waals surface area contributed by atoms with E-state index in [0.29, 0.717) is 25.6 Å². The van der Waals surface area contributed by atoms with Crippen LogP contribution >= 0.6 is 0 Å². The summed E-state index contributed by atoms with van der Waals surface area (Å²) < 4.78 is 11.6. The van der Waals surface area contributed by atoms with E-state index in [1.807, 2.05) is 24.3 Å². The van der Waals surface area contributed by atoms with Crippen LogP contribution in [0.1, 0.15) is 51.0 Å². The molecule has 3 heteroatoms. The van der Waals surface area contributed by atoms with E-state index in [-0.39, 0.29) is 6.10 Å². The Kier molecular flexibility index (Phi) is 3.99. The molecular formula is C17H24O3. The molecule has 1 heterocycles. The molecule has 1 aromatic carbocycles. The van der Waals surface area contributed by atoms with Crippen LogP contribution in [0.4, 0.5) is 0 Å². The van der Waals surface area contributed by atoms with Crippen molar-refractivity contribution in [3.63, 3.8) is 0 Å². The molecule has 0 amide bonds. The summed E-state index contributed by atoms with van der Waals surface area (Å²) in [6.07, 6.45) is 6.33. The Hall–Kier alpha value is -1.06. The van der Waals surface area contributed by atoms with Crippen LogP contribution in [0.3, 0.4) is 0 Å². The lowest BCUT2D eigenvalue weighted by Crippen LogP contribution is -2.38. The highest BCUT2D eigenvalue weighted by molar-refractivity contribution is 5.33. The van der Waals surface area contributed by atoms with Gasteiger partial charge in [-0.25, -0.2) is 0 Å². The van der Waals surface area contributed by atoms with Crippen molar-refractivity contribution in [2.45, 2.75) is 63.3 Å². The first-order valence-corrected chi connectivity index (χ1v) is 7.81. The number of benzene rings is 1. The Bertz CT molecular complexity index is 453. The summed E-state index contributed by atoms with van der Waals surface area (Å²) in [6.45, 7) is 2.79. The van der Waals surface area contributed by atoms with Crippen molar-refractivity contribution in [3.05, 3.63) is 29.8 Å². The first kappa shape index (κ1) is 13.9. The predicted molar refractivity (Wildman–Crippen MR) is 77.9 cm³/mol. The summed E-state index contributed by atoms with van der Waals surface area (Å²) in [4.78, 5) is 0. The quantitative estimate of drug-likeness (QED) is 0.896. The fraction of sp³-hybridized carbons (Fsp3) is 0.647. The average molecular weight is 276 g/mol. The lowest BCUT2D eigenvalue weighted by atomic mass is 9.83. The van der Waals surface area contributed by atoms with E-state index in [1.165, 1.54) is 0 Å². The summed E-state index contributed by atoms with van der Waals surface area (Å²) in [7, 11) is 0. The maximum absolute atomic E-state index is 11.0. The molecule has 1 aliphatic carbocycles. The molecule has 0 radical (unpaired) electrons. The summed E-state index contributed by atoms with van der Waals surface area (Å²) in [6, 6.07) is 7.98. The van der Waals surface area contributed by atoms with Crippen LogP contribution in [-0.4, -0.2) is 23.9 Å². The largest absolute Gasteiger partial charge is 0.490 e. The van der Waals surface area contributed by atoms with Crippen LogP contribution in [0.25, 0.3) is 0 Å².